The highest BCUT2D eigenvalue weighted by Crippen LogP contribution is 2.44. The van der Waals surface area contributed by atoms with Gasteiger partial charge in [0.05, 0.1) is 6.54 Å². The van der Waals surface area contributed by atoms with E-state index in [1.807, 2.05) is 6.07 Å². The van der Waals surface area contributed by atoms with Crippen molar-refractivity contribution in [2.24, 2.45) is 5.92 Å². The zero-order valence-electron chi connectivity index (χ0n) is 20.5. The van der Waals surface area contributed by atoms with Gasteiger partial charge in [-0.2, -0.15) is 0 Å². The quantitative estimate of drug-likeness (QED) is 0.520. The van der Waals surface area contributed by atoms with Crippen LogP contribution in [0.25, 0.3) is 0 Å². The smallest absolute Gasteiger partial charge is 0.408 e. The molecule has 0 bridgehead atoms. The minimum absolute atomic E-state index is 0.0174. The highest BCUT2D eigenvalue weighted by Gasteiger charge is 2.41. The van der Waals surface area contributed by atoms with E-state index in [-0.39, 0.29) is 29.3 Å². The second-order valence-electron chi connectivity index (χ2n) is 10.1. The molecule has 2 aliphatic rings. The second-order valence-corrected chi connectivity index (χ2v) is 10.5. The van der Waals surface area contributed by atoms with Gasteiger partial charge in [0.1, 0.15) is 28.7 Å². The molecule has 1 aliphatic carbocycles. The Morgan fingerprint density at radius 1 is 1.17 bits per heavy atom. The number of hydrogen-bond acceptors (Lipinski definition) is 4. The fourth-order valence-electron chi connectivity index (χ4n) is 5.76. The summed E-state index contributed by atoms with van der Waals surface area (Å²) in [4.78, 5) is 26.0. The first kappa shape index (κ1) is 26.2. The van der Waals surface area contributed by atoms with E-state index in [0.29, 0.717) is 12.3 Å². The molecule has 2 N–H and O–H groups in total. The van der Waals surface area contributed by atoms with Crippen LogP contribution in [0.15, 0.2) is 42.5 Å². The third-order valence-corrected chi connectivity index (χ3v) is 8.13. The lowest BCUT2D eigenvalue weighted by molar-refractivity contribution is -0.141. The summed E-state index contributed by atoms with van der Waals surface area (Å²) in [5.74, 6) is -1.35. The SMILES string of the molecule is CN(C)C1(c2ccccc2)CCC(Cc2cc(F)c(Cl)c(O[C@H]3C[C@@H](C(=O)O)N(C(=O)O)C3)c2)CC1. The van der Waals surface area contributed by atoms with E-state index in [1.165, 1.54) is 11.6 Å². The van der Waals surface area contributed by atoms with Crippen molar-refractivity contribution in [2.75, 3.05) is 20.6 Å². The maximum absolute atomic E-state index is 14.7. The number of likely N-dealkylation sites (tertiary alicyclic amines) is 1. The molecule has 1 saturated heterocycles. The summed E-state index contributed by atoms with van der Waals surface area (Å²) in [5.41, 5.74) is 2.06. The molecule has 9 heteroatoms. The number of rotatable bonds is 7. The highest BCUT2D eigenvalue weighted by molar-refractivity contribution is 6.32. The molecule has 2 aromatic carbocycles. The largest absolute Gasteiger partial charge is 0.487 e. The maximum Gasteiger partial charge on any atom is 0.408 e. The Morgan fingerprint density at radius 3 is 2.39 bits per heavy atom. The zero-order chi connectivity index (χ0) is 26.0. The normalized spacial score (nSPS) is 26.2. The molecule has 0 spiro atoms. The van der Waals surface area contributed by atoms with Crippen LogP contribution in [0.5, 0.6) is 5.75 Å². The number of benzene rings is 2. The van der Waals surface area contributed by atoms with Gasteiger partial charge in [-0.1, -0.05) is 41.9 Å². The molecule has 1 aliphatic heterocycles. The van der Waals surface area contributed by atoms with Crippen LogP contribution in [0.2, 0.25) is 5.02 Å². The Balaban J connectivity index is 1.45. The van der Waals surface area contributed by atoms with Crippen molar-refractivity contribution in [1.29, 1.82) is 0 Å². The van der Waals surface area contributed by atoms with Crippen LogP contribution in [0.3, 0.4) is 0 Å². The summed E-state index contributed by atoms with van der Waals surface area (Å²) in [7, 11) is 4.24. The first-order chi connectivity index (χ1) is 17.1. The Kier molecular flexibility index (Phi) is 7.76. The highest BCUT2D eigenvalue weighted by atomic mass is 35.5. The molecule has 2 aromatic rings. The van der Waals surface area contributed by atoms with E-state index in [9.17, 15) is 24.2 Å². The average molecular weight is 519 g/mol. The number of aliphatic carboxylic acids is 1. The zero-order valence-corrected chi connectivity index (χ0v) is 21.2. The summed E-state index contributed by atoms with van der Waals surface area (Å²) in [5, 5.41) is 18.5. The molecule has 0 radical (unpaired) electrons. The molecule has 0 aromatic heterocycles. The lowest BCUT2D eigenvalue weighted by atomic mass is 9.70. The van der Waals surface area contributed by atoms with Crippen molar-refractivity contribution in [3.8, 4) is 5.75 Å². The van der Waals surface area contributed by atoms with Gasteiger partial charge in [0.15, 0.2) is 0 Å². The Bertz CT molecular complexity index is 1080. The van der Waals surface area contributed by atoms with Crippen molar-refractivity contribution in [3.05, 3.63) is 64.4 Å². The topological polar surface area (TPSA) is 90.3 Å². The Labute approximate surface area is 215 Å². The number of nitrogens with zero attached hydrogens (tertiary/aromatic N) is 2. The van der Waals surface area contributed by atoms with Gasteiger partial charge in [0, 0.05) is 12.0 Å². The van der Waals surface area contributed by atoms with Crippen molar-refractivity contribution in [1.82, 2.24) is 9.80 Å². The van der Waals surface area contributed by atoms with Gasteiger partial charge >= 0.3 is 12.1 Å². The van der Waals surface area contributed by atoms with Gasteiger partial charge in [-0.15, -0.1) is 0 Å². The number of hydrogen-bond donors (Lipinski definition) is 2. The molecule has 194 valence electrons. The first-order valence-electron chi connectivity index (χ1n) is 12.2. The molecule has 4 rings (SSSR count). The van der Waals surface area contributed by atoms with Crippen LogP contribution in [0.4, 0.5) is 9.18 Å². The van der Waals surface area contributed by atoms with Crippen LogP contribution in [0.1, 0.15) is 43.2 Å². The maximum atomic E-state index is 14.7. The van der Waals surface area contributed by atoms with Gasteiger partial charge in [-0.05, 0) is 75.4 Å². The van der Waals surface area contributed by atoms with Crippen LogP contribution in [-0.2, 0) is 16.8 Å². The number of halogens is 2. The predicted octanol–water partition coefficient (Wildman–Crippen LogP) is 5.25. The summed E-state index contributed by atoms with van der Waals surface area (Å²) < 4.78 is 20.6. The minimum atomic E-state index is -1.33. The lowest BCUT2D eigenvalue weighted by Crippen LogP contribution is -2.44. The number of carboxylic acids is 1. The van der Waals surface area contributed by atoms with E-state index in [4.69, 9.17) is 16.3 Å². The molecule has 36 heavy (non-hydrogen) atoms. The summed E-state index contributed by atoms with van der Waals surface area (Å²) in [6.07, 6.45) is 2.56. The summed E-state index contributed by atoms with van der Waals surface area (Å²) >= 11 is 6.17. The van der Waals surface area contributed by atoms with E-state index >= 15 is 0 Å². The van der Waals surface area contributed by atoms with Crippen molar-refractivity contribution in [3.63, 3.8) is 0 Å². The van der Waals surface area contributed by atoms with Crippen molar-refractivity contribution >= 4 is 23.7 Å². The molecular formula is C27H32ClFN2O5. The van der Waals surface area contributed by atoms with Crippen molar-refractivity contribution < 1.29 is 28.9 Å². The summed E-state index contributed by atoms with van der Waals surface area (Å²) in [6.45, 7) is -0.122. The van der Waals surface area contributed by atoms with Gasteiger partial charge in [0.2, 0.25) is 0 Å². The fourth-order valence-corrected chi connectivity index (χ4v) is 5.92. The lowest BCUT2D eigenvalue weighted by Gasteiger charge is -2.45. The fraction of sp³-hybridized carbons (Fsp3) is 0.481. The van der Waals surface area contributed by atoms with Crippen molar-refractivity contribution in [2.45, 2.75) is 56.2 Å². The minimum Gasteiger partial charge on any atom is -0.487 e. The molecular weight excluding hydrogens is 487 g/mol. The molecule has 1 heterocycles. The molecule has 2 atom stereocenters. The molecule has 1 amide bonds. The summed E-state index contributed by atoms with van der Waals surface area (Å²) in [6, 6.07) is 12.5. The van der Waals surface area contributed by atoms with E-state index in [0.717, 1.165) is 36.1 Å². The Morgan fingerprint density at radius 2 is 1.83 bits per heavy atom. The third kappa shape index (κ3) is 5.30. The van der Waals surface area contributed by atoms with E-state index in [1.54, 1.807) is 6.07 Å². The third-order valence-electron chi connectivity index (χ3n) is 7.77. The van der Waals surface area contributed by atoms with Gasteiger partial charge in [0.25, 0.3) is 0 Å². The number of carbonyl (C=O) groups is 2. The number of carboxylic acid groups (broad SMARTS) is 2. The average Bonchev–Trinajstić information content (AvgIpc) is 3.28. The first-order valence-corrected chi connectivity index (χ1v) is 12.6. The van der Waals surface area contributed by atoms with Gasteiger partial charge < -0.3 is 14.9 Å². The van der Waals surface area contributed by atoms with E-state index in [2.05, 4.69) is 43.3 Å². The van der Waals surface area contributed by atoms with Crippen LogP contribution in [-0.4, -0.2) is 64.9 Å². The molecule has 2 fully saturated rings. The molecule has 0 unspecified atom stereocenters. The predicted molar refractivity (Wildman–Crippen MR) is 134 cm³/mol. The van der Waals surface area contributed by atoms with E-state index < -0.39 is 30.0 Å². The van der Waals surface area contributed by atoms with Crippen LogP contribution >= 0.6 is 11.6 Å². The standard InChI is InChI=1S/C27H32ClFN2O5/c1-30(2)27(19-6-4-3-5-7-19)10-8-17(9-11-27)12-18-13-21(29)24(28)23(14-18)36-20-15-22(25(32)33)31(16-20)26(34)35/h3-7,13-14,17,20,22H,8-12,15-16H2,1-2H3,(H,32,33)(H,34,35)/t17?,20-,22-,27?/m0/s1. The van der Waals surface area contributed by atoms with Gasteiger partial charge in [-0.25, -0.2) is 14.0 Å². The number of amides is 1. The van der Waals surface area contributed by atoms with Crippen LogP contribution in [0, 0.1) is 11.7 Å². The molecule has 7 nitrogen and oxygen atoms in total. The molecule has 1 saturated carbocycles. The Hall–Kier alpha value is -2.84. The van der Waals surface area contributed by atoms with Crippen LogP contribution < -0.4 is 4.74 Å². The second kappa shape index (κ2) is 10.6. The van der Waals surface area contributed by atoms with Gasteiger partial charge in [-0.3, -0.25) is 9.80 Å². The monoisotopic (exact) mass is 518 g/mol. The number of ether oxygens (including phenoxy) is 1.